The van der Waals surface area contributed by atoms with E-state index in [9.17, 15) is 4.79 Å². The molecule has 0 radical (unpaired) electrons. The van der Waals surface area contributed by atoms with Crippen LogP contribution in [0, 0.1) is 28.6 Å². The Balaban J connectivity index is 1.75. The van der Waals surface area contributed by atoms with E-state index in [1.807, 2.05) is 0 Å². The second kappa shape index (κ2) is 7.00. The van der Waals surface area contributed by atoms with Crippen molar-refractivity contribution >= 4 is 5.91 Å². The average Bonchev–Trinajstić information content (AvgIpc) is 2.85. The predicted octanol–water partition coefficient (Wildman–Crippen LogP) is 2.94. The fourth-order valence-corrected chi connectivity index (χ4v) is 3.94. The van der Waals surface area contributed by atoms with Crippen LogP contribution in [0.1, 0.15) is 59.8 Å². The second-order valence-corrected chi connectivity index (χ2v) is 8.33. The van der Waals surface area contributed by atoms with Crippen LogP contribution in [0.2, 0.25) is 0 Å². The molecule has 1 amide bonds. The molecule has 1 saturated carbocycles. The Labute approximate surface area is 135 Å². The molecule has 2 atom stereocenters. The summed E-state index contributed by atoms with van der Waals surface area (Å²) in [5.41, 5.74) is 0.395. The molecule has 0 aromatic heterocycles. The second-order valence-electron chi connectivity index (χ2n) is 8.33. The van der Waals surface area contributed by atoms with Gasteiger partial charge in [0.15, 0.2) is 0 Å². The summed E-state index contributed by atoms with van der Waals surface area (Å²) in [5.74, 6) is 1.33. The number of carbonyl (C=O) groups is 1. The molecule has 4 heteroatoms. The van der Waals surface area contributed by atoms with E-state index in [0.717, 1.165) is 31.7 Å². The maximum Gasteiger partial charge on any atom is 0.237 e. The van der Waals surface area contributed by atoms with Crippen molar-refractivity contribution in [3.05, 3.63) is 0 Å². The van der Waals surface area contributed by atoms with Crippen LogP contribution >= 0.6 is 0 Å². The molecule has 1 N–H and O–H groups in total. The first-order chi connectivity index (χ1) is 10.3. The zero-order chi connectivity index (χ0) is 16.3. The molecule has 1 heterocycles. The third kappa shape index (κ3) is 4.23. The highest BCUT2D eigenvalue weighted by Gasteiger charge is 2.34. The average molecular weight is 305 g/mol. The number of nitrogens with one attached hydrogen (secondary N) is 1. The van der Waals surface area contributed by atoms with E-state index in [4.69, 9.17) is 5.26 Å². The van der Waals surface area contributed by atoms with Gasteiger partial charge >= 0.3 is 0 Å². The Bertz CT molecular complexity index is 427. The number of carbonyl (C=O) groups excluding carboxylic acids is 1. The first kappa shape index (κ1) is 17.3. The van der Waals surface area contributed by atoms with Crippen LogP contribution in [0.5, 0.6) is 0 Å². The van der Waals surface area contributed by atoms with Crippen molar-refractivity contribution in [2.75, 3.05) is 13.1 Å². The van der Waals surface area contributed by atoms with Gasteiger partial charge in [0.1, 0.15) is 6.04 Å². The molecule has 0 bridgehead atoms. The van der Waals surface area contributed by atoms with Crippen molar-refractivity contribution in [1.29, 1.82) is 5.26 Å². The summed E-state index contributed by atoms with van der Waals surface area (Å²) in [4.78, 5) is 14.1. The van der Waals surface area contributed by atoms with Gasteiger partial charge in [0.25, 0.3) is 0 Å². The lowest BCUT2D eigenvalue weighted by Crippen LogP contribution is -2.45. The van der Waals surface area contributed by atoms with Crippen LogP contribution in [0.25, 0.3) is 0 Å². The molecule has 4 nitrogen and oxygen atoms in total. The van der Waals surface area contributed by atoms with Crippen LogP contribution < -0.4 is 5.32 Å². The number of likely N-dealkylation sites (tertiary alicyclic amines) is 1. The van der Waals surface area contributed by atoms with Gasteiger partial charge in [0.2, 0.25) is 5.91 Å². The third-order valence-electron chi connectivity index (χ3n) is 5.47. The van der Waals surface area contributed by atoms with Gasteiger partial charge in [-0.2, -0.15) is 5.26 Å². The molecule has 2 fully saturated rings. The number of nitrogens with zero attached hydrogens (tertiary/aromatic N) is 2. The molecule has 0 aromatic rings. The van der Waals surface area contributed by atoms with Gasteiger partial charge in [-0.3, -0.25) is 4.79 Å². The highest BCUT2D eigenvalue weighted by molar-refractivity contribution is 5.79. The smallest absolute Gasteiger partial charge is 0.237 e. The third-order valence-corrected chi connectivity index (χ3v) is 5.47. The normalized spacial score (nSPS) is 32.8. The molecule has 22 heavy (non-hydrogen) atoms. The van der Waals surface area contributed by atoms with E-state index in [-0.39, 0.29) is 11.9 Å². The fraction of sp³-hybridized carbons (Fsp3) is 0.889. The molecule has 1 aliphatic heterocycles. The van der Waals surface area contributed by atoms with E-state index < -0.39 is 0 Å². The number of hydrogen-bond donors (Lipinski definition) is 1. The van der Waals surface area contributed by atoms with Gasteiger partial charge in [-0.05, 0) is 49.4 Å². The molecular weight excluding hydrogens is 274 g/mol. The Morgan fingerprint density at radius 3 is 2.45 bits per heavy atom. The molecule has 0 aromatic carbocycles. The predicted molar refractivity (Wildman–Crippen MR) is 88.1 cm³/mol. The van der Waals surface area contributed by atoms with Gasteiger partial charge in [0, 0.05) is 12.6 Å². The molecule has 2 aliphatic rings. The van der Waals surface area contributed by atoms with E-state index in [1.54, 1.807) is 4.90 Å². The Morgan fingerprint density at radius 2 is 1.91 bits per heavy atom. The molecule has 1 aliphatic carbocycles. The Morgan fingerprint density at radius 1 is 1.27 bits per heavy atom. The number of nitriles is 1. The Kier molecular flexibility index (Phi) is 5.50. The van der Waals surface area contributed by atoms with Crippen LogP contribution in [0.4, 0.5) is 0 Å². The minimum Gasteiger partial charge on any atom is -0.325 e. The quantitative estimate of drug-likeness (QED) is 0.872. The summed E-state index contributed by atoms with van der Waals surface area (Å²) in [5, 5.41) is 12.6. The molecule has 124 valence electrons. The highest BCUT2D eigenvalue weighted by Crippen LogP contribution is 2.37. The molecular formula is C18H31N3O. The summed E-state index contributed by atoms with van der Waals surface area (Å²) in [6.07, 6.45) is 5.63. The van der Waals surface area contributed by atoms with Crippen LogP contribution in [0.15, 0.2) is 0 Å². The van der Waals surface area contributed by atoms with Crippen molar-refractivity contribution in [2.45, 2.75) is 71.9 Å². The topological polar surface area (TPSA) is 56.1 Å². The number of amides is 1. The van der Waals surface area contributed by atoms with E-state index in [2.05, 4.69) is 39.1 Å². The van der Waals surface area contributed by atoms with Crippen molar-refractivity contribution in [3.63, 3.8) is 0 Å². The Hall–Kier alpha value is -1.08. The first-order valence-electron chi connectivity index (χ1n) is 8.73. The summed E-state index contributed by atoms with van der Waals surface area (Å²) >= 11 is 0. The number of rotatable bonds is 3. The lowest BCUT2D eigenvalue weighted by atomic mass is 9.71. The standard InChI is InChI=1S/C18H31N3O/c1-13-9-16(10-19)21(12-13)17(22)11-20-15-7-5-14(6-8-15)18(2,3)4/h13-16,20H,5-9,11-12H2,1-4H3/t13-,14?,15?,16-/m0/s1. The van der Waals surface area contributed by atoms with Crippen molar-refractivity contribution in [3.8, 4) is 6.07 Å². The first-order valence-corrected chi connectivity index (χ1v) is 8.73. The van der Waals surface area contributed by atoms with Gasteiger partial charge in [-0.25, -0.2) is 0 Å². The van der Waals surface area contributed by atoms with Crippen LogP contribution in [-0.4, -0.2) is 36.0 Å². The summed E-state index contributed by atoms with van der Waals surface area (Å²) in [7, 11) is 0. The molecule has 1 saturated heterocycles. The van der Waals surface area contributed by atoms with Crippen molar-refractivity contribution in [1.82, 2.24) is 10.2 Å². The SMILES string of the molecule is C[C@H]1C[C@@H](C#N)N(C(=O)CNC2CCC(C(C)(C)C)CC2)C1. The van der Waals surface area contributed by atoms with E-state index >= 15 is 0 Å². The molecule has 0 unspecified atom stereocenters. The van der Waals surface area contributed by atoms with Crippen LogP contribution in [-0.2, 0) is 4.79 Å². The number of hydrogen-bond acceptors (Lipinski definition) is 3. The largest absolute Gasteiger partial charge is 0.325 e. The minimum absolute atomic E-state index is 0.0915. The summed E-state index contributed by atoms with van der Waals surface area (Å²) in [6.45, 7) is 10.2. The van der Waals surface area contributed by atoms with Crippen molar-refractivity contribution < 1.29 is 4.79 Å². The van der Waals surface area contributed by atoms with Crippen molar-refractivity contribution in [2.24, 2.45) is 17.3 Å². The summed E-state index contributed by atoms with van der Waals surface area (Å²) < 4.78 is 0. The summed E-state index contributed by atoms with van der Waals surface area (Å²) in [6, 6.07) is 2.50. The lowest BCUT2D eigenvalue weighted by molar-refractivity contribution is -0.130. The van der Waals surface area contributed by atoms with Gasteiger partial charge < -0.3 is 10.2 Å². The fourth-order valence-electron chi connectivity index (χ4n) is 3.94. The van der Waals surface area contributed by atoms with Gasteiger partial charge in [0.05, 0.1) is 12.6 Å². The molecule has 0 spiro atoms. The van der Waals surface area contributed by atoms with Gasteiger partial charge in [-0.15, -0.1) is 0 Å². The lowest BCUT2D eigenvalue weighted by Gasteiger charge is -2.37. The maximum atomic E-state index is 12.3. The van der Waals surface area contributed by atoms with Gasteiger partial charge in [-0.1, -0.05) is 27.7 Å². The minimum atomic E-state index is -0.221. The molecule has 2 rings (SSSR count). The monoisotopic (exact) mass is 305 g/mol. The van der Waals surface area contributed by atoms with E-state index in [1.165, 1.54) is 12.8 Å². The zero-order valence-electron chi connectivity index (χ0n) is 14.6. The zero-order valence-corrected chi connectivity index (χ0v) is 14.6. The van der Waals surface area contributed by atoms with Crippen LogP contribution in [0.3, 0.4) is 0 Å². The maximum absolute atomic E-state index is 12.3. The highest BCUT2D eigenvalue weighted by atomic mass is 16.2. The van der Waals surface area contributed by atoms with E-state index in [0.29, 0.717) is 23.9 Å².